The number of hydrogen-bond acceptors (Lipinski definition) is 5. The molecule has 1 amide bonds. The third-order valence-electron chi connectivity index (χ3n) is 6.38. The molecule has 0 radical (unpaired) electrons. The Labute approximate surface area is 227 Å². The van der Waals surface area contributed by atoms with Gasteiger partial charge in [0.25, 0.3) is 0 Å². The van der Waals surface area contributed by atoms with Crippen LogP contribution in [0, 0.1) is 5.82 Å². The van der Waals surface area contributed by atoms with Gasteiger partial charge in [0.1, 0.15) is 17.3 Å². The van der Waals surface area contributed by atoms with Gasteiger partial charge in [-0.15, -0.1) is 0 Å². The van der Waals surface area contributed by atoms with E-state index in [2.05, 4.69) is 12.8 Å². The number of thiol groups is 1. The minimum Gasteiger partial charge on any atom is -0.298 e. The number of nitrogens with zero attached hydrogens (tertiary/aromatic N) is 2. The number of piperidine rings is 1. The molecule has 2 unspecified atom stereocenters. The maximum absolute atomic E-state index is 14.0. The Bertz CT molecular complexity index is 1460. The van der Waals surface area contributed by atoms with Crippen molar-refractivity contribution in [3.8, 4) is 0 Å². The lowest BCUT2D eigenvalue weighted by Gasteiger charge is -2.45. The van der Waals surface area contributed by atoms with Crippen LogP contribution in [-0.4, -0.2) is 21.0 Å². The highest BCUT2D eigenvalue weighted by Gasteiger charge is 2.53. The molecule has 1 saturated heterocycles. The normalized spacial score (nSPS) is 20.1. The summed E-state index contributed by atoms with van der Waals surface area (Å²) >= 11 is 18.3. The third kappa shape index (κ3) is 4.34. The lowest BCUT2D eigenvalue weighted by Crippen LogP contribution is -2.54. The second-order valence-electron chi connectivity index (χ2n) is 8.56. The molecular formula is C27H19Cl2FN2O2S2. The maximum Gasteiger partial charge on any atom is 0.248 e. The molecule has 2 aromatic carbocycles. The van der Waals surface area contributed by atoms with Gasteiger partial charge in [0.2, 0.25) is 5.91 Å². The van der Waals surface area contributed by atoms with Crippen LogP contribution in [0.2, 0.25) is 10.0 Å². The molecule has 0 spiro atoms. The SMILES string of the molecule is O=C1CC(c2ccsc2)(c2cccc(Cc3ccc(Cl)c(F)c3)n2)N(S)C(=O)C1c1ccccc1Cl. The van der Waals surface area contributed by atoms with Gasteiger partial charge in [-0.25, -0.2) is 4.39 Å². The molecule has 1 aliphatic heterocycles. The Morgan fingerprint density at radius 3 is 2.58 bits per heavy atom. The molecular weight excluding hydrogens is 538 g/mol. The first-order chi connectivity index (χ1) is 17.3. The summed E-state index contributed by atoms with van der Waals surface area (Å²) in [5, 5.41) is 4.18. The highest BCUT2D eigenvalue weighted by molar-refractivity contribution is 7.78. The Morgan fingerprint density at radius 1 is 1.06 bits per heavy atom. The zero-order chi connectivity index (χ0) is 25.4. The summed E-state index contributed by atoms with van der Waals surface area (Å²) in [4.78, 5) is 32.2. The predicted molar refractivity (Wildman–Crippen MR) is 143 cm³/mol. The van der Waals surface area contributed by atoms with Crippen molar-refractivity contribution in [1.82, 2.24) is 9.29 Å². The van der Waals surface area contributed by atoms with Gasteiger partial charge in [-0.1, -0.05) is 66.3 Å². The zero-order valence-electron chi connectivity index (χ0n) is 18.7. The lowest BCUT2D eigenvalue weighted by molar-refractivity contribution is -0.142. The van der Waals surface area contributed by atoms with Crippen LogP contribution in [0.4, 0.5) is 4.39 Å². The van der Waals surface area contributed by atoms with Crippen LogP contribution >= 0.6 is 47.4 Å². The van der Waals surface area contributed by atoms with Crippen LogP contribution in [0.5, 0.6) is 0 Å². The topological polar surface area (TPSA) is 50.3 Å². The molecule has 0 bridgehead atoms. The second-order valence-corrected chi connectivity index (χ2v) is 10.6. The van der Waals surface area contributed by atoms with Gasteiger partial charge >= 0.3 is 0 Å². The minimum absolute atomic E-state index is 0.0269. The van der Waals surface area contributed by atoms with Crippen LogP contribution in [-0.2, 0) is 21.5 Å². The largest absolute Gasteiger partial charge is 0.298 e. The van der Waals surface area contributed by atoms with E-state index in [1.54, 1.807) is 36.4 Å². The third-order valence-corrected chi connectivity index (χ3v) is 8.26. The number of hydrogen-bond donors (Lipinski definition) is 1. The van der Waals surface area contributed by atoms with Crippen LogP contribution in [0.15, 0.2) is 77.5 Å². The van der Waals surface area contributed by atoms with E-state index in [0.29, 0.717) is 34.0 Å². The molecule has 3 heterocycles. The Kier molecular flexibility index (Phi) is 6.92. The molecule has 36 heavy (non-hydrogen) atoms. The fraction of sp³-hybridized carbons (Fsp3) is 0.148. The summed E-state index contributed by atoms with van der Waals surface area (Å²) in [6, 6.07) is 18.7. The fourth-order valence-corrected chi connectivity index (χ4v) is 6.12. The standard InChI is InChI=1S/C27H19Cl2FN2O2S2/c28-20-6-2-1-5-19(20)25-23(33)14-27(32(35)26(25)34,17-10-11-36-15-17)24-7-3-4-18(31-24)12-16-8-9-21(29)22(30)13-16/h1-11,13,15,25,35H,12,14H2. The zero-order valence-corrected chi connectivity index (χ0v) is 21.9. The molecule has 5 rings (SSSR count). The molecule has 0 N–H and O–H groups in total. The van der Waals surface area contributed by atoms with Gasteiger partial charge in [0.15, 0.2) is 5.78 Å². The molecule has 182 valence electrons. The monoisotopic (exact) mass is 556 g/mol. The van der Waals surface area contributed by atoms with Crippen LogP contribution in [0.25, 0.3) is 0 Å². The van der Waals surface area contributed by atoms with E-state index in [9.17, 15) is 14.0 Å². The van der Waals surface area contributed by atoms with E-state index in [1.165, 1.54) is 27.8 Å². The Balaban J connectivity index is 1.58. The number of ketones is 1. The molecule has 0 aliphatic carbocycles. The van der Waals surface area contributed by atoms with Crippen molar-refractivity contribution in [2.45, 2.75) is 24.3 Å². The number of rotatable bonds is 5. The summed E-state index contributed by atoms with van der Waals surface area (Å²) in [5.74, 6) is -2.30. The number of Topliss-reactive ketones (excluding diaryl/α,β-unsaturated/α-hetero) is 1. The number of benzene rings is 2. The number of carbonyl (C=O) groups is 2. The van der Waals surface area contributed by atoms with Crippen molar-refractivity contribution < 1.29 is 14.0 Å². The van der Waals surface area contributed by atoms with Crippen molar-refractivity contribution in [2.75, 3.05) is 0 Å². The molecule has 1 fully saturated rings. The van der Waals surface area contributed by atoms with Gasteiger partial charge in [-0.3, -0.25) is 18.9 Å². The van der Waals surface area contributed by atoms with Crippen LogP contribution in [0.3, 0.4) is 0 Å². The van der Waals surface area contributed by atoms with Crippen LogP contribution < -0.4 is 0 Å². The fourth-order valence-electron chi connectivity index (χ4n) is 4.63. The highest BCUT2D eigenvalue weighted by atomic mass is 35.5. The second kappa shape index (κ2) is 9.98. The quantitative estimate of drug-likeness (QED) is 0.216. The summed E-state index contributed by atoms with van der Waals surface area (Å²) in [6.07, 6.45) is 0.319. The first kappa shape index (κ1) is 25.0. The van der Waals surface area contributed by atoms with Gasteiger partial charge in [0, 0.05) is 23.6 Å². The first-order valence-electron chi connectivity index (χ1n) is 11.0. The number of carbonyl (C=O) groups excluding carboxylic acids is 2. The average molecular weight is 557 g/mol. The summed E-state index contributed by atoms with van der Waals surface area (Å²) in [6.45, 7) is 0. The molecule has 4 nitrogen and oxygen atoms in total. The van der Waals surface area contributed by atoms with Crippen molar-refractivity contribution in [1.29, 1.82) is 0 Å². The molecule has 0 saturated carbocycles. The van der Waals surface area contributed by atoms with E-state index in [0.717, 1.165) is 5.56 Å². The van der Waals surface area contributed by atoms with Crippen molar-refractivity contribution in [3.05, 3.63) is 121 Å². The molecule has 9 heteroatoms. The van der Waals surface area contributed by atoms with E-state index >= 15 is 0 Å². The summed E-state index contributed by atoms with van der Waals surface area (Å²) in [5.41, 5.74) is 1.84. The molecule has 2 aromatic heterocycles. The van der Waals surface area contributed by atoms with Gasteiger partial charge < -0.3 is 0 Å². The maximum atomic E-state index is 14.0. The van der Waals surface area contributed by atoms with Gasteiger partial charge in [-0.2, -0.15) is 11.3 Å². The first-order valence-corrected chi connectivity index (χ1v) is 13.1. The number of halogens is 3. The summed E-state index contributed by atoms with van der Waals surface area (Å²) < 4.78 is 15.3. The number of thiophene rings is 1. The van der Waals surface area contributed by atoms with Crippen molar-refractivity contribution >= 4 is 59.0 Å². The van der Waals surface area contributed by atoms with Crippen molar-refractivity contribution in [3.63, 3.8) is 0 Å². The average Bonchev–Trinajstić information content (AvgIpc) is 3.41. The van der Waals surface area contributed by atoms with Gasteiger partial charge in [0.05, 0.1) is 10.7 Å². The molecule has 2 atom stereocenters. The summed E-state index contributed by atoms with van der Waals surface area (Å²) in [7, 11) is 0. The van der Waals surface area contributed by atoms with E-state index in [4.69, 9.17) is 28.2 Å². The smallest absolute Gasteiger partial charge is 0.248 e. The Hall–Kier alpha value is -2.71. The van der Waals surface area contributed by atoms with Crippen LogP contribution in [0.1, 0.15) is 40.4 Å². The highest BCUT2D eigenvalue weighted by Crippen LogP contribution is 2.47. The number of pyridine rings is 1. The Morgan fingerprint density at radius 2 is 1.86 bits per heavy atom. The molecule has 1 aliphatic rings. The van der Waals surface area contributed by atoms with E-state index in [1.807, 2.05) is 29.0 Å². The van der Waals surface area contributed by atoms with E-state index < -0.39 is 23.2 Å². The predicted octanol–water partition coefficient (Wildman–Crippen LogP) is 6.85. The minimum atomic E-state index is -1.21. The van der Waals surface area contributed by atoms with E-state index in [-0.39, 0.29) is 17.2 Å². The number of aromatic nitrogens is 1. The van der Waals surface area contributed by atoms with Crippen molar-refractivity contribution in [2.24, 2.45) is 0 Å². The molecule has 4 aromatic rings. The lowest BCUT2D eigenvalue weighted by atomic mass is 9.74. The number of amides is 1. The van der Waals surface area contributed by atoms with Gasteiger partial charge in [-0.05, 0) is 63.8 Å².